The van der Waals surface area contributed by atoms with Gasteiger partial charge in [-0.2, -0.15) is 0 Å². The van der Waals surface area contributed by atoms with Crippen molar-refractivity contribution in [3.05, 3.63) is 0 Å². The summed E-state index contributed by atoms with van der Waals surface area (Å²) in [7, 11) is 0. The zero-order valence-electron chi connectivity index (χ0n) is 11.4. The molecule has 94 valence electrons. The van der Waals surface area contributed by atoms with Crippen molar-refractivity contribution >= 4 is 0 Å². The average molecular weight is 216 g/mol. The minimum atomic E-state index is 0.250. The van der Waals surface area contributed by atoms with Gasteiger partial charge in [-0.15, -0.1) is 0 Å². The SMILES string of the molecule is CCCCCCCCCC(C)C.CCO. The van der Waals surface area contributed by atoms with Gasteiger partial charge in [0.15, 0.2) is 0 Å². The molecule has 0 amide bonds. The molecule has 1 heteroatoms. The molecule has 0 aliphatic rings. The van der Waals surface area contributed by atoms with Crippen molar-refractivity contribution in [1.82, 2.24) is 0 Å². The smallest absolute Gasteiger partial charge is 0.0402 e. The summed E-state index contributed by atoms with van der Waals surface area (Å²) < 4.78 is 0. The highest BCUT2D eigenvalue weighted by Crippen LogP contribution is 2.11. The van der Waals surface area contributed by atoms with Gasteiger partial charge in [0.1, 0.15) is 0 Å². The molecule has 0 atom stereocenters. The minimum absolute atomic E-state index is 0.250. The molecule has 0 saturated heterocycles. The molecule has 0 aliphatic heterocycles. The summed E-state index contributed by atoms with van der Waals surface area (Å²) in [6, 6.07) is 0. The summed E-state index contributed by atoms with van der Waals surface area (Å²) in [5.74, 6) is 0.903. The van der Waals surface area contributed by atoms with Crippen molar-refractivity contribution in [1.29, 1.82) is 0 Å². The topological polar surface area (TPSA) is 20.2 Å². The first-order valence-corrected chi connectivity index (χ1v) is 6.79. The lowest BCUT2D eigenvalue weighted by Crippen LogP contribution is -1.87. The summed E-state index contributed by atoms with van der Waals surface area (Å²) in [6.07, 6.45) is 11.5. The molecule has 15 heavy (non-hydrogen) atoms. The van der Waals surface area contributed by atoms with Crippen LogP contribution < -0.4 is 0 Å². The third-order valence-corrected chi connectivity index (χ3v) is 2.39. The quantitative estimate of drug-likeness (QED) is 0.579. The highest BCUT2D eigenvalue weighted by Gasteiger charge is 1.93. The minimum Gasteiger partial charge on any atom is -0.397 e. The second kappa shape index (κ2) is 16.4. The van der Waals surface area contributed by atoms with Crippen LogP contribution in [0.3, 0.4) is 0 Å². The van der Waals surface area contributed by atoms with Gasteiger partial charge >= 0.3 is 0 Å². The second-order valence-corrected chi connectivity index (χ2v) is 4.62. The van der Waals surface area contributed by atoms with E-state index in [-0.39, 0.29) is 6.61 Å². The molecular formula is C14H32O. The third kappa shape index (κ3) is 24.9. The van der Waals surface area contributed by atoms with Crippen molar-refractivity contribution in [2.75, 3.05) is 6.61 Å². The Morgan fingerprint density at radius 1 is 0.800 bits per heavy atom. The Kier molecular flexibility index (Phi) is 19.0. The van der Waals surface area contributed by atoms with Gasteiger partial charge in [0.25, 0.3) is 0 Å². The van der Waals surface area contributed by atoms with E-state index in [0.29, 0.717) is 0 Å². The molecule has 1 N–H and O–H groups in total. The van der Waals surface area contributed by atoms with E-state index in [0.717, 1.165) is 5.92 Å². The van der Waals surface area contributed by atoms with Crippen LogP contribution in [0.15, 0.2) is 0 Å². The van der Waals surface area contributed by atoms with Gasteiger partial charge in [0, 0.05) is 6.61 Å². The molecular weight excluding hydrogens is 184 g/mol. The predicted octanol–water partition coefficient (Wildman–Crippen LogP) is 4.78. The van der Waals surface area contributed by atoms with E-state index >= 15 is 0 Å². The van der Waals surface area contributed by atoms with Crippen LogP contribution in [0.25, 0.3) is 0 Å². The van der Waals surface area contributed by atoms with Gasteiger partial charge in [-0.05, 0) is 12.8 Å². The lowest BCUT2D eigenvalue weighted by atomic mass is 10.0. The summed E-state index contributed by atoms with van der Waals surface area (Å²) in [5.41, 5.74) is 0. The second-order valence-electron chi connectivity index (χ2n) is 4.62. The van der Waals surface area contributed by atoms with Crippen LogP contribution in [-0.4, -0.2) is 11.7 Å². The molecule has 0 rings (SSSR count). The van der Waals surface area contributed by atoms with Crippen LogP contribution in [0.5, 0.6) is 0 Å². The Morgan fingerprint density at radius 2 is 1.20 bits per heavy atom. The van der Waals surface area contributed by atoms with Crippen molar-refractivity contribution < 1.29 is 5.11 Å². The maximum Gasteiger partial charge on any atom is 0.0402 e. The van der Waals surface area contributed by atoms with E-state index in [1.165, 1.54) is 51.4 Å². The molecule has 0 saturated carbocycles. The zero-order chi connectivity index (χ0) is 11.9. The summed E-state index contributed by atoms with van der Waals surface area (Å²) in [4.78, 5) is 0. The first kappa shape index (κ1) is 17.4. The molecule has 0 spiro atoms. The maximum atomic E-state index is 7.57. The number of aliphatic hydroxyl groups is 1. The highest BCUT2D eigenvalue weighted by molar-refractivity contribution is 4.48. The molecule has 0 aromatic carbocycles. The van der Waals surface area contributed by atoms with Crippen molar-refractivity contribution in [2.45, 2.75) is 79.1 Å². The van der Waals surface area contributed by atoms with E-state index in [2.05, 4.69) is 20.8 Å². The Balaban J connectivity index is 0. The average Bonchev–Trinajstić information content (AvgIpc) is 2.17. The molecule has 0 aliphatic carbocycles. The van der Waals surface area contributed by atoms with Crippen molar-refractivity contribution in [3.63, 3.8) is 0 Å². The molecule has 0 radical (unpaired) electrons. The first-order chi connectivity index (χ1) is 7.18. The number of rotatable bonds is 8. The third-order valence-electron chi connectivity index (χ3n) is 2.39. The fraction of sp³-hybridized carbons (Fsp3) is 1.00. The van der Waals surface area contributed by atoms with Gasteiger partial charge in [-0.3, -0.25) is 0 Å². The van der Waals surface area contributed by atoms with Gasteiger partial charge in [0.05, 0.1) is 0 Å². The van der Waals surface area contributed by atoms with Gasteiger partial charge in [0.2, 0.25) is 0 Å². The Bertz CT molecular complexity index is 89.3. The summed E-state index contributed by atoms with van der Waals surface area (Å²) in [6.45, 7) is 8.84. The molecule has 0 fully saturated rings. The van der Waals surface area contributed by atoms with Gasteiger partial charge in [-0.1, -0.05) is 72.1 Å². The van der Waals surface area contributed by atoms with Crippen molar-refractivity contribution in [2.24, 2.45) is 5.92 Å². The van der Waals surface area contributed by atoms with Crippen molar-refractivity contribution in [3.8, 4) is 0 Å². The number of hydrogen-bond acceptors (Lipinski definition) is 1. The summed E-state index contributed by atoms with van der Waals surface area (Å²) >= 11 is 0. The molecule has 0 bridgehead atoms. The largest absolute Gasteiger partial charge is 0.397 e. The van der Waals surface area contributed by atoms with Gasteiger partial charge in [-0.25, -0.2) is 0 Å². The molecule has 0 aromatic rings. The van der Waals surface area contributed by atoms with Crippen LogP contribution in [-0.2, 0) is 0 Å². The van der Waals surface area contributed by atoms with Crippen LogP contribution in [0.4, 0.5) is 0 Å². The molecule has 0 aromatic heterocycles. The lowest BCUT2D eigenvalue weighted by molar-refractivity contribution is 0.318. The first-order valence-electron chi connectivity index (χ1n) is 6.79. The Labute approximate surface area is 97.3 Å². The number of hydrogen-bond donors (Lipinski definition) is 1. The van der Waals surface area contributed by atoms with E-state index in [1.807, 2.05) is 0 Å². The highest BCUT2D eigenvalue weighted by atomic mass is 16.2. The lowest BCUT2D eigenvalue weighted by Gasteiger charge is -2.03. The number of unbranched alkanes of at least 4 members (excludes halogenated alkanes) is 6. The fourth-order valence-corrected chi connectivity index (χ4v) is 1.51. The zero-order valence-corrected chi connectivity index (χ0v) is 11.4. The Hall–Kier alpha value is -0.0400. The van der Waals surface area contributed by atoms with Crippen LogP contribution in [0.1, 0.15) is 79.1 Å². The van der Waals surface area contributed by atoms with E-state index < -0.39 is 0 Å². The molecule has 0 unspecified atom stereocenters. The van der Waals surface area contributed by atoms with E-state index in [4.69, 9.17) is 5.11 Å². The van der Waals surface area contributed by atoms with Gasteiger partial charge < -0.3 is 5.11 Å². The maximum absolute atomic E-state index is 7.57. The van der Waals surface area contributed by atoms with Crippen LogP contribution in [0.2, 0.25) is 0 Å². The molecule has 1 nitrogen and oxygen atoms in total. The predicted molar refractivity (Wildman–Crippen MR) is 70.2 cm³/mol. The monoisotopic (exact) mass is 216 g/mol. The van der Waals surface area contributed by atoms with E-state index in [9.17, 15) is 0 Å². The number of aliphatic hydroxyl groups excluding tert-OH is 1. The fourth-order valence-electron chi connectivity index (χ4n) is 1.51. The standard InChI is InChI=1S/C12H26.C2H6O/c1-4-5-6-7-8-9-10-11-12(2)3;1-2-3/h12H,4-11H2,1-3H3;3H,2H2,1H3. The van der Waals surface area contributed by atoms with Crippen LogP contribution >= 0.6 is 0 Å². The normalized spacial score (nSPS) is 10.0. The molecule has 0 heterocycles. The van der Waals surface area contributed by atoms with Crippen LogP contribution in [0, 0.1) is 5.92 Å². The van der Waals surface area contributed by atoms with E-state index in [1.54, 1.807) is 6.92 Å². The Morgan fingerprint density at radius 3 is 1.60 bits per heavy atom. The summed E-state index contributed by atoms with van der Waals surface area (Å²) in [5, 5.41) is 7.57.